The van der Waals surface area contributed by atoms with Crippen molar-refractivity contribution >= 4 is 28.7 Å². The van der Waals surface area contributed by atoms with Gasteiger partial charge in [-0.3, -0.25) is 19.1 Å². The Morgan fingerprint density at radius 3 is 2.06 bits per heavy atom. The lowest BCUT2D eigenvalue weighted by molar-refractivity contribution is -0.118. The number of anilines is 2. The Balaban J connectivity index is 1.87. The third-order valence-corrected chi connectivity index (χ3v) is 6.72. The van der Waals surface area contributed by atoms with Crippen LogP contribution in [0.5, 0.6) is 23.0 Å². The number of hydrogen-bond donors (Lipinski definition) is 0. The van der Waals surface area contributed by atoms with Crippen molar-refractivity contribution in [1.82, 2.24) is 4.57 Å². The van der Waals surface area contributed by atoms with Gasteiger partial charge in [0.05, 0.1) is 39.0 Å². The summed E-state index contributed by atoms with van der Waals surface area (Å²) in [4.78, 5) is 28.3. The Labute approximate surface area is 189 Å². The lowest BCUT2D eigenvalue weighted by atomic mass is 9.90. The summed E-state index contributed by atoms with van der Waals surface area (Å²) in [5.74, 6) is 2.29. The molecule has 1 aromatic heterocycles. The average molecular weight is 457 g/mol. The molecule has 3 aromatic rings. The largest absolute Gasteiger partial charge is 0.497 e. The van der Waals surface area contributed by atoms with E-state index >= 15 is 0 Å². The minimum Gasteiger partial charge on any atom is -0.497 e. The summed E-state index contributed by atoms with van der Waals surface area (Å²) < 4.78 is 23.1. The summed E-state index contributed by atoms with van der Waals surface area (Å²) in [6, 6.07) is 10.9. The molecular formula is C23H24N2O6S. The second-order valence-electron chi connectivity index (χ2n) is 7.26. The van der Waals surface area contributed by atoms with Crippen molar-refractivity contribution in [1.29, 1.82) is 0 Å². The predicted molar refractivity (Wildman–Crippen MR) is 122 cm³/mol. The number of rotatable bonds is 6. The van der Waals surface area contributed by atoms with Gasteiger partial charge >= 0.3 is 4.87 Å². The molecule has 2 aromatic carbocycles. The van der Waals surface area contributed by atoms with Gasteiger partial charge in [0.1, 0.15) is 11.6 Å². The summed E-state index contributed by atoms with van der Waals surface area (Å²) in [6.45, 7) is 0. The number of thiazole rings is 1. The standard InChI is InChI=1S/C23H24N2O6S/c1-24-22-21(32-23(24)27)16(13-10-17(29-3)20(31-5)18(11-13)30-4)12-19(26)25(22)14-6-8-15(28-2)9-7-14/h6-11,16H,12H2,1-5H3/t16-/m0/s1. The van der Waals surface area contributed by atoms with E-state index in [-0.39, 0.29) is 23.1 Å². The third-order valence-electron chi connectivity index (χ3n) is 5.59. The van der Waals surface area contributed by atoms with E-state index in [1.165, 1.54) is 11.7 Å². The van der Waals surface area contributed by atoms with E-state index in [2.05, 4.69) is 0 Å². The zero-order valence-corrected chi connectivity index (χ0v) is 19.3. The molecule has 2 heterocycles. The molecule has 9 heteroatoms. The Hall–Kier alpha value is -3.46. The Morgan fingerprint density at radius 2 is 1.53 bits per heavy atom. The van der Waals surface area contributed by atoms with E-state index < -0.39 is 0 Å². The molecule has 32 heavy (non-hydrogen) atoms. The van der Waals surface area contributed by atoms with Crippen molar-refractivity contribution in [3.05, 3.63) is 56.5 Å². The molecule has 0 N–H and O–H groups in total. The lowest BCUT2D eigenvalue weighted by Crippen LogP contribution is -2.34. The number of fused-ring (bicyclic) bond motifs is 1. The lowest BCUT2D eigenvalue weighted by Gasteiger charge is -2.32. The molecule has 1 amide bonds. The number of nitrogens with zero attached hydrogens (tertiary/aromatic N) is 2. The van der Waals surface area contributed by atoms with Gasteiger partial charge < -0.3 is 18.9 Å². The fourth-order valence-electron chi connectivity index (χ4n) is 3.99. The molecule has 0 spiro atoms. The zero-order valence-electron chi connectivity index (χ0n) is 18.5. The molecule has 0 unspecified atom stereocenters. The number of aromatic nitrogens is 1. The number of methoxy groups -OCH3 is 4. The zero-order chi connectivity index (χ0) is 23.0. The fourth-order valence-corrected chi connectivity index (χ4v) is 5.09. The average Bonchev–Trinajstić information content (AvgIpc) is 3.11. The fraction of sp³-hybridized carbons (Fsp3) is 0.304. The molecule has 0 saturated heterocycles. The van der Waals surface area contributed by atoms with Gasteiger partial charge in [0.15, 0.2) is 11.5 Å². The minimum atomic E-state index is -0.320. The van der Waals surface area contributed by atoms with Crippen LogP contribution in [0.2, 0.25) is 0 Å². The van der Waals surface area contributed by atoms with Crippen molar-refractivity contribution in [2.45, 2.75) is 12.3 Å². The smallest absolute Gasteiger partial charge is 0.308 e. The van der Waals surface area contributed by atoms with Crippen LogP contribution in [0, 0.1) is 0 Å². The Morgan fingerprint density at radius 1 is 0.906 bits per heavy atom. The summed E-state index contributed by atoms with van der Waals surface area (Å²) in [7, 11) is 7.90. The molecule has 4 rings (SSSR count). The van der Waals surface area contributed by atoms with Crippen LogP contribution in [0.1, 0.15) is 22.8 Å². The number of carbonyl (C=O) groups excluding carboxylic acids is 1. The second kappa shape index (κ2) is 8.58. The SMILES string of the molecule is COc1ccc(N2C(=O)C[C@@H](c3cc(OC)c(OC)c(OC)c3)c3sc(=O)n(C)c32)cc1. The Bertz CT molecular complexity index is 1190. The first-order chi connectivity index (χ1) is 15.4. The first-order valence-electron chi connectivity index (χ1n) is 9.90. The first kappa shape index (κ1) is 21.8. The topological polar surface area (TPSA) is 79.2 Å². The van der Waals surface area contributed by atoms with Gasteiger partial charge in [-0.15, -0.1) is 0 Å². The molecule has 0 fully saturated rings. The van der Waals surface area contributed by atoms with Gasteiger partial charge in [-0.1, -0.05) is 11.3 Å². The highest BCUT2D eigenvalue weighted by atomic mass is 32.1. The molecular weight excluding hydrogens is 432 g/mol. The van der Waals surface area contributed by atoms with Gasteiger partial charge in [0, 0.05) is 19.4 Å². The van der Waals surface area contributed by atoms with E-state index in [1.54, 1.807) is 45.4 Å². The van der Waals surface area contributed by atoms with Gasteiger partial charge in [-0.2, -0.15) is 0 Å². The maximum atomic E-state index is 13.4. The molecule has 168 valence electrons. The molecule has 0 radical (unpaired) electrons. The third kappa shape index (κ3) is 3.48. The highest BCUT2D eigenvalue weighted by Gasteiger charge is 2.38. The number of carbonyl (C=O) groups is 1. The molecule has 8 nitrogen and oxygen atoms in total. The number of ether oxygens (including phenoxy) is 4. The number of amides is 1. The summed E-state index contributed by atoms with van der Waals surface area (Å²) in [5.41, 5.74) is 1.49. The predicted octanol–water partition coefficient (Wildman–Crippen LogP) is 3.68. The van der Waals surface area contributed by atoms with Crippen molar-refractivity contribution in [3.63, 3.8) is 0 Å². The van der Waals surface area contributed by atoms with E-state index in [1.807, 2.05) is 24.3 Å². The van der Waals surface area contributed by atoms with Crippen molar-refractivity contribution in [2.24, 2.45) is 7.05 Å². The highest BCUT2D eigenvalue weighted by Crippen LogP contribution is 2.48. The van der Waals surface area contributed by atoms with Crippen LogP contribution < -0.4 is 28.7 Å². The van der Waals surface area contributed by atoms with E-state index in [0.717, 1.165) is 21.8 Å². The first-order valence-corrected chi connectivity index (χ1v) is 10.7. The molecule has 1 atom stereocenters. The summed E-state index contributed by atoms with van der Waals surface area (Å²) in [6.07, 6.45) is 0.192. The van der Waals surface area contributed by atoms with Crippen molar-refractivity contribution < 1.29 is 23.7 Å². The van der Waals surface area contributed by atoms with E-state index in [9.17, 15) is 9.59 Å². The van der Waals surface area contributed by atoms with Crippen LogP contribution >= 0.6 is 11.3 Å². The van der Waals surface area contributed by atoms with Crippen LogP contribution in [0.15, 0.2) is 41.2 Å². The monoisotopic (exact) mass is 456 g/mol. The van der Waals surface area contributed by atoms with E-state index in [0.29, 0.717) is 34.5 Å². The highest BCUT2D eigenvalue weighted by molar-refractivity contribution is 7.10. The molecule has 1 aliphatic rings. The van der Waals surface area contributed by atoms with Crippen LogP contribution in [-0.4, -0.2) is 38.9 Å². The maximum absolute atomic E-state index is 13.4. The second-order valence-corrected chi connectivity index (χ2v) is 8.25. The Kier molecular flexibility index (Phi) is 5.84. The van der Waals surface area contributed by atoms with Gasteiger partial charge in [0.25, 0.3) is 0 Å². The van der Waals surface area contributed by atoms with Gasteiger partial charge in [0.2, 0.25) is 11.7 Å². The van der Waals surface area contributed by atoms with Crippen molar-refractivity contribution in [3.8, 4) is 23.0 Å². The quantitative estimate of drug-likeness (QED) is 0.563. The minimum absolute atomic E-state index is 0.116. The molecule has 0 aliphatic carbocycles. The van der Waals surface area contributed by atoms with Crippen LogP contribution in [0.3, 0.4) is 0 Å². The number of benzene rings is 2. The van der Waals surface area contributed by atoms with Crippen LogP contribution in [-0.2, 0) is 11.8 Å². The van der Waals surface area contributed by atoms with Crippen LogP contribution in [0.4, 0.5) is 11.5 Å². The normalized spacial score (nSPS) is 15.3. The summed E-state index contributed by atoms with van der Waals surface area (Å²) >= 11 is 1.14. The van der Waals surface area contributed by atoms with E-state index in [4.69, 9.17) is 18.9 Å². The van der Waals surface area contributed by atoms with Gasteiger partial charge in [-0.05, 0) is 42.0 Å². The molecule has 0 bridgehead atoms. The maximum Gasteiger partial charge on any atom is 0.308 e. The van der Waals surface area contributed by atoms with Crippen molar-refractivity contribution in [2.75, 3.05) is 33.3 Å². The summed E-state index contributed by atoms with van der Waals surface area (Å²) in [5, 5.41) is 0. The van der Waals surface area contributed by atoms with Gasteiger partial charge in [-0.25, -0.2) is 0 Å². The molecule has 1 aliphatic heterocycles. The molecule has 0 saturated carbocycles. The number of hydrogen-bond acceptors (Lipinski definition) is 7. The van der Waals surface area contributed by atoms with Crippen LogP contribution in [0.25, 0.3) is 0 Å².